The number of ether oxygens (including phenoxy) is 3. The Hall–Kier alpha value is -3.55. The first kappa shape index (κ1) is 22.6. The molecule has 0 bridgehead atoms. The number of likely N-dealkylation sites (tertiary alicyclic amines) is 1. The number of hydrogen-bond acceptors (Lipinski definition) is 6. The number of carbonyl (C=O) groups excluding carboxylic acids is 3. The van der Waals surface area contributed by atoms with Crippen molar-refractivity contribution < 1.29 is 28.6 Å². The smallest absolute Gasteiger partial charge is 0.325 e. The molecule has 33 heavy (non-hydrogen) atoms. The molecule has 1 unspecified atom stereocenters. The van der Waals surface area contributed by atoms with Crippen LogP contribution < -0.4 is 14.8 Å². The van der Waals surface area contributed by atoms with Crippen LogP contribution in [0, 0.1) is 13.8 Å². The lowest BCUT2D eigenvalue weighted by Gasteiger charge is -2.26. The van der Waals surface area contributed by atoms with Gasteiger partial charge in [0, 0.05) is 12.1 Å². The van der Waals surface area contributed by atoms with Gasteiger partial charge in [-0.3, -0.25) is 14.4 Å². The minimum Gasteiger partial charge on any atom is -0.486 e. The fraction of sp³-hybridized carbons (Fsp3) is 0.400. The highest BCUT2D eigenvalue weighted by atomic mass is 16.6. The molecule has 2 amide bonds. The zero-order chi connectivity index (χ0) is 23.4. The number of rotatable bonds is 6. The van der Waals surface area contributed by atoms with Crippen LogP contribution in [0.5, 0.6) is 11.5 Å². The van der Waals surface area contributed by atoms with Gasteiger partial charge in [0.2, 0.25) is 0 Å². The minimum absolute atomic E-state index is 0.101. The lowest BCUT2D eigenvalue weighted by molar-refractivity contribution is -0.151. The lowest BCUT2D eigenvalue weighted by Crippen LogP contribution is -2.36. The SMILES string of the molecule is Cc1cc(C)cc(C(=O)NCC(=O)OCC(=O)N2CCCC2c2ccc3c(c2)OCCO3)c1. The van der Waals surface area contributed by atoms with Crippen molar-refractivity contribution >= 4 is 17.8 Å². The predicted molar refractivity (Wildman–Crippen MR) is 120 cm³/mol. The van der Waals surface area contributed by atoms with Gasteiger partial charge in [0.1, 0.15) is 19.8 Å². The average molecular weight is 453 g/mol. The molecule has 0 aromatic heterocycles. The van der Waals surface area contributed by atoms with Crippen LogP contribution in [0.1, 0.15) is 45.9 Å². The summed E-state index contributed by atoms with van der Waals surface area (Å²) in [7, 11) is 0. The van der Waals surface area contributed by atoms with Gasteiger partial charge in [0.25, 0.3) is 11.8 Å². The summed E-state index contributed by atoms with van der Waals surface area (Å²) < 4.78 is 16.4. The molecular weight excluding hydrogens is 424 g/mol. The number of nitrogens with one attached hydrogen (secondary N) is 1. The van der Waals surface area contributed by atoms with Crippen molar-refractivity contribution in [2.75, 3.05) is 32.9 Å². The zero-order valence-electron chi connectivity index (χ0n) is 18.9. The summed E-state index contributed by atoms with van der Waals surface area (Å²) in [4.78, 5) is 38.9. The van der Waals surface area contributed by atoms with E-state index in [9.17, 15) is 14.4 Å². The van der Waals surface area contributed by atoms with E-state index < -0.39 is 5.97 Å². The van der Waals surface area contributed by atoms with Crippen molar-refractivity contribution in [2.45, 2.75) is 32.7 Å². The van der Waals surface area contributed by atoms with Gasteiger partial charge in [-0.05, 0) is 56.5 Å². The third kappa shape index (κ3) is 5.45. The second-order valence-electron chi connectivity index (χ2n) is 8.37. The molecule has 8 nitrogen and oxygen atoms in total. The van der Waals surface area contributed by atoms with Gasteiger partial charge < -0.3 is 24.4 Å². The van der Waals surface area contributed by atoms with Crippen molar-refractivity contribution in [1.29, 1.82) is 0 Å². The first-order valence-electron chi connectivity index (χ1n) is 11.1. The fourth-order valence-corrected chi connectivity index (χ4v) is 4.32. The molecule has 0 radical (unpaired) electrons. The van der Waals surface area contributed by atoms with Crippen molar-refractivity contribution in [2.24, 2.45) is 0 Å². The number of benzene rings is 2. The molecule has 2 aliphatic rings. The van der Waals surface area contributed by atoms with Crippen molar-refractivity contribution in [3.8, 4) is 11.5 Å². The number of esters is 1. The Balaban J connectivity index is 1.29. The van der Waals surface area contributed by atoms with E-state index in [1.165, 1.54) is 0 Å². The van der Waals surface area contributed by atoms with Crippen molar-refractivity contribution in [3.05, 3.63) is 58.7 Å². The summed E-state index contributed by atoms with van der Waals surface area (Å²) in [6.07, 6.45) is 1.69. The number of carbonyl (C=O) groups is 3. The molecule has 4 rings (SSSR count). The Morgan fingerprint density at radius 1 is 1.03 bits per heavy atom. The largest absolute Gasteiger partial charge is 0.486 e. The quantitative estimate of drug-likeness (QED) is 0.678. The second kappa shape index (κ2) is 9.94. The van der Waals surface area contributed by atoms with Crippen LogP contribution in [-0.4, -0.2) is 55.6 Å². The predicted octanol–water partition coefficient (Wildman–Crippen LogP) is 2.71. The summed E-state index contributed by atoms with van der Waals surface area (Å²) in [5.41, 5.74) is 3.38. The average Bonchev–Trinajstić information content (AvgIpc) is 3.30. The molecule has 1 N–H and O–H groups in total. The van der Waals surface area contributed by atoms with E-state index in [0.717, 1.165) is 29.5 Å². The van der Waals surface area contributed by atoms with Crippen LogP contribution in [0.3, 0.4) is 0 Å². The van der Waals surface area contributed by atoms with E-state index in [4.69, 9.17) is 14.2 Å². The van der Waals surface area contributed by atoms with Crippen LogP contribution in [0.4, 0.5) is 0 Å². The highest BCUT2D eigenvalue weighted by Gasteiger charge is 2.31. The maximum atomic E-state index is 12.8. The Morgan fingerprint density at radius 3 is 2.52 bits per heavy atom. The molecule has 8 heteroatoms. The van der Waals surface area contributed by atoms with Gasteiger partial charge in [0.15, 0.2) is 18.1 Å². The molecule has 2 heterocycles. The number of fused-ring (bicyclic) bond motifs is 1. The Bertz CT molecular complexity index is 1050. The Morgan fingerprint density at radius 2 is 1.76 bits per heavy atom. The summed E-state index contributed by atoms with van der Waals surface area (Å²) in [5.74, 6) is 0.113. The van der Waals surface area contributed by atoms with Crippen LogP contribution in [-0.2, 0) is 14.3 Å². The summed E-state index contributed by atoms with van der Waals surface area (Å²) in [5, 5.41) is 2.55. The second-order valence-corrected chi connectivity index (χ2v) is 8.37. The molecule has 0 saturated carbocycles. The van der Waals surface area contributed by atoms with E-state index >= 15 is 0 Å². The molecular formula is C25H28N2O6. The zero-order valence-corrected chi connectivity index (χ0v) is 18.9. The van der Waals surface area contributed by atoms with E-state index in [0.29, 0.717) is 36.8 Å². The van der Waals surface area contributed by atoms with Crippen molar-refractivity contribution in [1.82, 2.24) is 10.2 Å². The Labute approximate surface area is 192 Å². The molecule has 174 valence electrons. The molecule has 1 fully saturated rings. The number of nitrogens with zero attached hydrogens (tertiary/aromatic N) is 1. The van der Waals surface area contributed by atoms with Gasteiger partial charge in [-0.15, -0.1) is 0 Å². The van der Waals surface area contributed by atoms with Crippen LogP contribution in [0.25, 0.3) is 0 Å². The summed E-state index contributed by atoms with van der Waals surface area (Å²) >= 11 is 0. The van der Waals surface area contributed by atoms with Gasteiger partial charge in [-0.1, -0.05) is 23.3 Å². The lowest BCUT2D eigenvalue weighted by atomic mass is 10.0. The molecule has 0 aliphatic carbocycles. The number of aryl methyl sites for hydroxylation is 2. The normalized spacial score (nSPS) is 16.9. The highest BCUT2D eigenvalue weighted by molar-refractivity contribution is 5.96. The van der Waals surface area contributed by atoms with Crippen LogP contribution in [0.15, 0.2) is 36.4 Å². The van der Waals surface area contributed by atoms with E-state index in [-0.39, 0.29) is 31.0 Å². The molecule has 2 aliphatic heterocycles. The third-order valence-corrected chi connectivity index (χ3v) is 5.76. The first-order chi connectivity index (χ1) is 15.9. The minimum atomic E-state index is -0.656. The van der Waals surface area contributed by atoms with E-state index in [1.54, 1.807) is 17.0 Å². The Kier molecular flexibility index (Phi) is 6.82. The van der Waals surface area contributed by atoms with Gasteiger partial charge >= 0.3 is 5.97 Å². The van der Waals surface area contributed by atoms with Gasteiger partial charge in [0.05, 0.1) is 6.04 Å². The molecule has 2 aromatic carbocycles. The first-order valence-corrected chi connectivity index (χ1v) is 11.1. The summed E-state index contributed by atoms with van der Waals surface area (Å²) in [6.45, 7) is 4.76. The molecule has 0 spiro atoms. The third-order valence-electron chi connectivity index (χ3n) is 5.76. The van der Waals surface area contributed by atoms with Crippen LogP contribution in [0.2, 0.25) is 0 Å². The summed E-state index contributed by atoms with van der Waals surface area (Å²) in [6, 6.07) is 11.1. The van der Waals surface area contributed by atoms with Crippen LogP contribution >= 0.6 is 0 Å². The van der Waals surface area contributed by atoms with E-state index in [2.05, 4.69) is 5.32 Å². The van der Waals surface area contributed by atoms with Gasteiger partial charge in [-0.2, -0.15) is 0 Å². The van der Waals surface area contributed by atoms with Crippen molar-refractivity contribution in [3.63, 3.8) is 0 Å². The fourth-order valence-electron chi connectivity index (χ4n) is 4.32. The molecule has 1 saturated heterocycles. The standard InChI is InChI=1S/C25H28N2O6/c1-16-10-17(2)12-19(11-16)25(30)26-14-24(29)33-15-23(28)27-7-3-4-20(27)18-5-6-21-22(13-18)32-9-8-31-21/h5-6,10-13,20H,3-4,7-9,14-15H2,1-2H3,(H,26,30). The molecule has 2 aromatic rings. The maximum Gasteiger partial charge on any atom is 0.325 e. The number of hydrogen-bond donors (Lipinski definition) is 1. The van der Waals surface area contributed by atoms with Gasteiger partial charge in [-0.25, -0.2) is 0 Å². The highest BCUT2D eigenvalue weighted by Crippen LogP contribution is 2.38. The maximum absolute atomic E-state index is 12.8. The monoisotopic (exact) mass is 452 g/mol. The topological polar surface area (TPSA) is 94.2 Å². The molecule has 1 atom stereocenters. The number of amides is 2. The van der Waals surface area contributed by atoms with E-state index in [1.807, 2.05) is 38.1 Å².